The molecule has 1 aromatic carbocycles. The second-order valence-electron chi connectivity index (χ2n) is 3.00. The third-order valence-corrected chi connectivity index (χ3v) is 1.58. The van der Waals surface area contributed by atoms with Crippen LogP contribution in [0.2, 0.25) is 0 Å². The highest BCUT2D eigenvalue weighted by Gasteiger charge is 2.11. The van der Waals surface area contributed by atoms with Gasteiger partial charge in [-0.2, -0.15) is 0 Å². The number of hydrogen-bond acceptors (Lipinski definition) is 5. The van der Waals surface area contributed by atoms with E-state index in [4.69, 9.17) is 4.84 Å². The summed E-state index contributed by atoms with van der Waals surface area (Å²) >= 11 is 0. The number of carbonyl (C=O) groups excluding carboxylic acids is 1. The van der Waals surface area contributed by atoms with Gasteiger partial charge in [-0.05, 0) is 12.1 Å². The summed E-state index contributed by atoms with van der Waals surface area (Å²) in [4.78, 5) is 25.9. The molecule has 0 heterocycles. The third-order valence-electron chi connectivity index (χ3n) is 1.58. The maximum Gasteiger partial charge on any atom is 0.357 e. The third kappa shape index (κ3) is 3.03. The Morgan fingerprint density at radius 3 is 2.27 bits per heavy atom. The number of non-ortho nitro benzene ring substituents is 1. The number of hydrogen-bond donors (Lipinski definition) is 0. The molecule has 0 N–H and O–H groups in total. The van der Waals surface area contributed by atoms with E-state index in [1.165, 1.54) is 29.3 Å². The van der Waals surface area contributed by atoms with Gasteiger partial charge in [0.15, 0.2) is 0 Å². The lowest BCUT2D eigenvalue weighted by molar-refractivity contribution is -0.384. The van der Waals surface area contributed by atoms with Crippen LogP contribution in [0.15, 0.2) is 24.3 Å². The number of nitro groups is 1. The Kier molecular flexibility index (Phi) is 3.35. The Morgan fingerprint density at radius 1 is 1.33 bits per heavy atom. The molecule has 6 heteroatoms. The maximum absolute atomic E-state index is 11.3. The van der Waals surface area contributed by atoms with Crippen molar-refractivity contribution in [3.8, 4) is 0 Å². The van der Waals surface area contributed by atoms with Crippen LogP contribution in [0.5, 0.6) is 0 Å². The van der Waals surface area contributed by atoms with E-state index >= 15 is 0 Å². The van der Waals surface area contributed by atoms with Crippen molar-refractivity contribution in [3.63, 3.8) is 0 Å². The first-order chi connectivity index (χ1) is 7.00. The van der Waals surface area contributed by atoms with Crippen LogP contribution in [-0.4, -0.2) is 30.1 Å². The highest BCUT2D eigenvalue weighted by atomic mass is 16.7. The number of benzene rings is 1. The molecule has 0 amide bonds. The summed E-state index contributed by atoms with van der Waals surface area (Å²) in [5.74, 6) is -0.546. The van der Waals surface area contributed by atoms with Crippen molar-refractivity contribution >= 4 is 11.7 Å². The molecule has 0 atom stereocenters. The van der Waals surface area contributed by atoms with Gasteiger partial charge in [0.05, 0.1) is 10.5 Å². The molecule has 0 radical (unpaired) electrons. The van der Waals surface area contributed by atoms with Crippen LogP contribution in [0.3, 0.4) is 0 Å². The average Bonchev–Trinajstić information content (AvgIpc) is 2.17. The second-order valence-corrected chi connectivity index (χ2v) is 3.00. The van der Waals surface area contributed by atoms with Gasteiger partial charge in [-0.25, -0.2) is 4.79 Å². The fourth-order valence-electron chi connectivity index (χ4n) is 0.938. The first-order valence-electron chi connectivity index (χ1n) is 4.15. The summed E-state index contributed by atoms with van der Waals surface area (Å²) in [5, 5.41) is 11.6. The van der Waals surface area contributed by atoms with Crippen molar-refractivity contribution in [2.75, 3.05) is 14.1 Å². The predicted molar refractivity (Wildman–Crippen MR) is 52.2 cm³/mol. The van der Waals surface area contributed by atoms with Gasteiger partial charge in [-0.15, -0.1) is 5.06 Å². The van der Waals surface area contributed by atoms with Crippen molar-refractivity contribution in [2.24, 2.45) is 0 Å². The number of carbonyl (C=O) groups is 1. The van der Waals surface area contributed by atoms with Crippen LogP contribution in [0.25, 0.3) is 0 Å². The lowest BCUT2D eigenvalue weighted by Crippen LogP contribution is -2.18. The highest BCUT2D eigenvalue weighted by molar-refractivity contribution is 5.89. The smallest absolute Gasteiger partial charge is 0.357 e. The van der Waals surface area contributed by atoms with E-state index < -0.39 is 10.9 Å². The summed E-state index contributed by atoms with van der Waals surface area (Å²) in [6.07, 6.45) is 0. The molecule has 0 aromatic heterocycles. The van der Waals surface area contributed by atoms with Crippen LogP contribution >= 0.6 is 0 Å². The molecule has 0 saturated carbocycles. The molecule has 80 valence electrons. The first kappa shape index (κ1) is 11.1. The molecule has 0 aliphatic carbocycles. The SMILES string of the molecule is CN(C)OC(=O)c1ccc([N+](=O)[O-])cc1. The summed E-state index contributed by atoms with van der Waals surface area (Å²) in [5.41, 5.74) is 0.214. The van der Waals surface area contributed by atoms with Crippen LogP contribution in [0.4, 0.5) is 5.69 Å². The molecule has 0 fully saturated rings. The first-order valence-corrected chi connectivity index (χ1v) is 4.15. The molecule has 1 rings (SSSR count). The van der Waals surface area contributed by atoms with Gasteiger partial charge < -0.3 is 4.84 Å². The van der Waals surface area contributed by atoms with Crippen molar-refractivity contribution in [2.45, 2.75) is 0 Å². The van der Waals surface area contributed by atoms with Crippen LogP contribution < -0.4 is 0 Å². The second kappa shape index (κ2) is 4.52. The minimum absolute atomic E-state index is 0.0589. The van der Waals surface area contributed by atoms with E-state index in [1.807, 2.05) is 0 Å². The molecule has 0 bridgehead atoms. The van der Waals surface area contributed by atoms with Crippen molar-refractivity contribution in [3.05, 3.63) is 39.9 Å². The summed E-state index contributed by atoms with van der Waals surface area (Å²) in [6.45, 7) is 0. The molecular weight excluding hydrogens is 200 g/mol. The Labute approximate surface area is 86.2 Å². The summed E-state index contributed by atoms with van der Waals surface area (Å²) in [7, 11) is 3.15. The topological polar surface area (TPSA) is 72.7 Å². The Balaban J connectivity index is 2.80. The largest absolute Gasteiger partial charge is 0.364 e. The van der Waals surface area contributed by atoms with Crippen LogP contribution in [0.1, 0.15) is 10.4 Å². The van der Waals surface area contributed by atoms with Gasteiger partial charge in [0.2, 0.25) is 0 Å². The zero-order valence-electron chi connectivity index (χ0n) is 8.34. The van der Waals surface area contributed by atoms with Crippen molar-refractivity contribution < 1.29 is 14.6 Å². The number of hydroxylamine groups is 2. The summed E-state index contributed by atoms with van der Waals surface area (Å²) < 4.78 is 0. The zero-order chi connectivity index (χ0) is 11.4. The Morgan fingerprint density at radius 2 is 1.87 bits per heavy atom. The Bertz CT molecular complexity index is 372. The van der Waals surface area contributed by atoms with E-state index in [-0.39, 0.29) is 11.3 Å². The molecule has 0 unspecified atom stereocenters. The average molecular weight is 210 g/mol. The van der Waals surface area contributed by atoms with Gasteiger partial charge >= 0.3 is 5.97 Å². The lowest BCUT2D eigenvalue weighted by atomic mass is 10.2. The van der Waals surface area contributed by atoms with Crippen molar-refractivity contribution in [1.29, 1.82) is 0 Å². The lowest BCUT2D eigenvalue weighted by Gasteiger charge is -2.09. The van der Waals surface area contributed by atoms with Crippen molar-refractivity contribution in [1.82, 2.24) is 5.06 Å². The summed E-state index contributed by atoms with van der Waals surface area (Å²) in [6, 6.07) is 5.21. The van der Waals surface area contributed by atoms with Gasteiger partial charge in [-0.3, -0.25) is 10.1 Å². The minimum atomic E-state index is -0.546. The number of nitrogens with zero attached hydrogens (tertiary/aromatic N) is 2. The molecule has 0 aliphatic rings. The molecule has 15 heavy (non-hydrogen) atoms. The number of nitro benzene ring substituents is 1. The van der Waals surface area contributed by atoms with Crippen LogP contribution in [-0.2, 0) is 4.84 Å². The predicted octanol–water partition coefficient (Wildman–Crippen LogP) is 1.23. The zero-order valence-corrected chi connectivity index (χ0v) is 8.34. The van der Waals surface area contributed by atoms with E-state index in [1.54, 1.807) is 14.1 Å². The quantitative estimate of drug-likeness (QED) is 0.554. The fourth-order valence-corrected chi connectivity index (χ4v) is 0.938. The Hall–Kier alpha value is -1.95. The molecule has 0 saturated heterocycles. The monoisotopic (exact) mass is 210 g/mol. The van der Waals surface area contributed by atoms with Gasteiger partial charge in [0, 0.05) is 26.2 Å². The van der Waals surface area contributed by atoms with Gasteiger partial charge in [-0.1, -0.05) is 0 Å². The fraction of sp³-hybridized carbons (Fsp3) is 0.222. The maximum atomic E-state index is 11.3. The van der Waals surface area contributed by atoms with Gasteiger partial charge in [0.25, 0.3) is 5.69 Å². The molecule has 0 aliphatic heterocycles. The number of rotatable bonds is 3. The molecule has 1 aromatic rings. The van der Waals surface area contributed by atoms with Gasteiger partial charge in [0.1, 0.15) is 0 Å². The molecule has 0 spiro atoms. The van der Waals surface area contributed by atoms with E-state index in [0.717, 1.165) is 0 Å². The van der Waals surface area contributed by atoms with E-state index in [2.05, 4.69) is 0 Å². The standard InChI is InChI=1S/C9H10N2O4/c1-10(2)15-9(12)7-3-5-8(6-4-7)11(13)14/h3-6H,1-2H3. The van der Waals surface area contributed by atoms with Crippen LogP contribution in [0, 0.1) is 10.1 Å². The molecular formula is C9H10N2O4. The van der Waals surface area contributed by atoms with E-state index in [0.29, 0.717) is 0 Å². The molecule has 6 nitrogen and oxygen atoms in total. The minimum Gasteiger partial charge on any atom is -0.364 e. The highest BCUT2D eigenvalue weighted by Crippen LogP contribution is 2.12. The van der Waals surface area contributed by atoms with E-state index in [9.17, 15) is 14.9 Å². The normalized spacial score (nSPS) is 10.1.